The third kappa shape index (κ3) is 1.63. The summed E-state index contributed by atoms with van der Waals surface area (Å²) in [7, 11) is 0. The standard InChI is InChI=1S/C9H17IN2/c10-12-6-2-4-7-3-1-5-8(11)9(7)12/h7-9H,1-6,11H2. The second-order valence-electron chi connectivity index (χ2n) is 4.11. The zero-order chi connectivity index (χ0) is 8.55. The van der Waals surface area contributed by atoms with Gasteiger partial charge in [-0.3, -0.25) is 0 Å². The van der Waals surface area contributed by atoms with Gasteiger partial charge >= 0.3 is 0 Å². The average molecular weight is 280 g/mol. The molecule has 2 fully saturated rings. The number of hydrogen-bond acceptors (Lipinski definition) is 2. The number of nitrogens with zero attached hydrogens (tertiary/aromatic N) is 1. The van der Waals surface area contributed by atoms with Gasteiger partial charge in [0.25, 0.3) is 0 Å². The van der Waals surface area contributed by atoms with Crippen LogP contribution in [0, 0.1) is 5.92 Å². The fourth-order valence-electron chi connectivity index (χ4n) is 2.71. The van der Waals surface area contributed by atoms with Crippen LogP contribution in [0.15, 0.2) is 0 Å². The first-order valence-electron chi connectivity index (χ1n) is 4.97. The molecule has 0 aromatic rings. The molecule has 2 N–H and O–H groups in total. The Labute approximate surface area is 88.4 Å². The fraction of sp³-hybridized carbons (Fsp3) is 1.00. The second-order valence-corrected chi connectivity index (χ2v) is 5.35. The second kappa shape index (κ2) is 3.80. The van der Waals surface area contributed by atoms with Crippen LogP contribution in [0.2, 0.25) is 0 Å². The minimum absolute atomic E-state index is 0.445. The summed E-state index contributed by atoms with van der Waals surface area (Å²) in [5, 5.41) is 0. The van der Waals surface area contributed by atoms with Gasteiger partial charge in [-0.15, -0.1) is 0 Å². The molecule has 2 rings (SSSR count). The van der Waals surface area contributed by atoms with Crippen molar-refractivity contribution < 1.29 is 0 Å². The number of nitrogens with two attached hydrogens (primary N) is 1. The Morgan fingerprint density at radius 3 is 2.67 bits per heavy atom. The lowest BCUT2D eigenvalue weighted by Crippen LogP contribution is -2.53. The van der Waals surface area contributed by atoms with Crippen molar-refractivity contribution >= 4 is 22.9 Å². The summed E-state index contributed by atoms with van der Waals surface area (Å²) in [6, 6.07) is 1.13. The molecule has 2 aliphatic rings. The smallest absolute Gasteiger partial charge is 0.0373 e. The Morgan fingerprint density at radius 1 is 1.17 bits per heavy atom. The maximum atomic E-state index is 6.13. The van der Waals surface area contributed by atoms with Crippen molar-refractivity contribution in [2.24, 2.45) is 11.7 Å². The molecule has 0 aromatic carbocycles. The van der Waals surface area contributed by atoms with Crippen molar-refractivity contribution in [3.05, 3.63) is 0 Å². The van der Waals surface area contributed by atoms with Gasteiger partial charge in [0.2, 0.25) is 0 Å². The summed E-state index contributed by atoms with van der Waals surface area (Å²) in [6.45, 7) is 1.25. The van der Waals surface area contributed by atoms with Gasteiger partial charge in [0.05, 0.1) is 0 Å². The molecule has 1 aliphatic heterocycles. The molecule has 0 amide bonds. The molecular weight excluding hydrogens is 263 g/mol. The summed E-state index contributed by atoms with van der Waals surface area (Å²) in [6.07, 6.45) is 6.79. The van der Waals surface area contributed by atoms with Crippen LogP contribution in [0.25, 0.3) is 0 Å². The number of fused-ring (bicyclic) bond motifs is 1. The highest BCUT2D eigenvalue weighted by molar-refractivity contribution is 14.1. The Balaban J connectivity index is 2.07. The van der Waals surface area contributed by atoms with E-state index in [-0.39, 0.29) is 0 Å². The average Bonchev–Trinajstić information content (AvgIpc) is 2.04. The molecule has 3 unspecified atom stereocenters. The topological polar surface area (TPSA) is 29.3 Å². The van der Waals surface area contributed by atoms with Gasteiger partial charge in [0.1, 0.15) is 0 Å². The van der Waals surface area contributed by atoms with Crippen molar-refractivity contribution in [2.45, 2.75) is 44.2 Å². The highest BCUT2D eigenvalue weighted by Crippen LogP contribution is 2.36. The van der Waals surface area contributed by atoms with Crippen LogP contribution in [0.5, 0.6) is 0 Å². The lowest BCUT2D eigenvalue weighted by molar-refractivity contribution is 0.132. The van der Waals surface area contributed by atoms with Gasteiger partial charge in [-0.25, -0.2) is 3.11 Å². The minimum Gasteiger partial charge on any atom is -0.326 e. The number of rotatable bonds is 0. The molecule has 1 aliphatic carbocycles. The van der Waals surface area contributed by atoms with Crippen LogP contribution in [-0.4, -0.2) is 21.7 Å². The fourth-order valence-corrected chi connectivity index (χ4v) is 3.92. The van der Waals surface area contributed by atoms with Gasteiger partial charge in [-0.1, -0.05) is 6.42 Å². The zero-order valence-corrected chi connectivity index (χ0v) is 9.53. The van der Waals surface area contributed by atoms with E-state index in [0.29, 0.717) is 12.1 Å². The number of hydrogen-bond donors (Lipinski definition) is 1. The molecule has 12 heavy (non-hydrogen) atoms. The van der Waals surface area contributed by atoms with Crippen molar-refractivity contribution in [1.29, 1.82) is 0 Å². The lowest BCUT2D eigenvalue weighted by atomic mass is 9.77. The van der Waals surface area contributed by atoms with Crippen LogP contribution in [0.3, 0.4) is 0 Å². The first-order chi connectivity index (χ1) is 5.79. The van der Waals surface area contributed by atoms with Crippen molar-refractivity contribution in [3.63, 3.8) is 0 Å². The first-order valence-corrected chi connectivity index (χ1v) is 5.93. The molecule has 1 saturated heterocycles. The van der Waals surface area contributed by atoms with Gasteiger partial charge in [0, 0.05) is 41.5 Å². The maximum absolute atomic E-state index is 6.13. The molecule has 3 heteroatoms. The van der Waals surface area contributed by atoms with Crippen LogP contribution >= 0.6 is 22.9 Å². The quantitative estimate of drug-likeness (QED) is 0.542. The lowest BCUT2D eigenvalue weighted by Gasteiger charge is -2.44. The monoisotopic (exact) mass is 280 g/mol. The molecule has 0 aromatic heterocycles. The Kier molecular flexibility index (Phi) is 2.92. The molecule has 0 bridgehead atoms. The molecule has 1 heterocycles. The van der Waals surface area contributed by atoms with Crippen LogP contribution in [0.1, 0.15) is 32.1 Å². The zero-order valence-electron chi connectivity index (χ0n) is 7.38. The largest absolute Gasteiger partial charge is 0.326 e. The molecule has 3 atom stereocenters. The molecule has 2 nitrogen and oxygen atoms in total. The predicted molar refractivity (Wildman–Crippen MR) is 59.1 cm³/mol. The van der Waals surface area contributed by atoms with E-state index in [1.807, 2.05) is 0 Å². The van der Waals surface area contributed by atoms with Gasteiger partial charge < -0.3 is 5.73 Å². The summed E-state index contributed by atoms with van der Waals surface area (Å²) in [5.74, 6) is 0.902. The third-order valence-electron chi connectivity index (χ3n) is 3.30. The van der Waals surface area contributed by atoms with Gasteiger partial charge in [0.15, 0.2) is 0 Å². The van der Waals surface area contributed by atoms with E-state index in [2.05, 4.69) is 26.0 Å². The highest BCUT2D eigenvalue weighted by Gasteiger charge is 2.36. The predicted octanol–water partition coefficient (Wildman–Crippen LogP) is 1.93. The number of piperidine rings is 1. The molecule has 0 spiro atoms. The summed E-state index contributed by atoms with van der Waals surface area (Å²) in [4.78, 5) is 0. The van der Waals surface area contributed by atoms with Gasteiger partial charge in [-0.2, -0.15) is 0 Å². The van der Waals surface area contributed by atoms with Crippen LogP contribution in [-0.2, 0) is 0 Å². The van der Waals surface area contributed by atoms with E-state index < -0.39 is 0 Å². The van der Waals surface area contributed by atoms with E-state index in [1.165, 1.54) is 38.6 Å². The minimum atomic E-state index is 0.445. The van der Waals surface area contributed by atoms with Crippen molar-refractivity contribution in [1.82, 2.24) is 3.11 Å². The van der Waals surface area contributed by atoms with E-state index in [9.17, 15) is 0 Å². The van der Waals surface area contributed by atoms with E-state index >= 15 is 0 Å². The normalized spacial score (nSPS) is 44.0. The molecule has 0 radical (unpaired) electrons. The van der Waals surface area contributed by atoms with E-state index in [4.69, 9.17) is 5.73 Å². The Bertz CT molecular complexity index is 147. The number of halogens is 1. The SMILES string of the molecule is NC1CCCC2CCCN(I)C12. The molecular formula is C9H17IN2. The Morgan fingerprint density at radius 2 is 1.92 bits per heavy atom. The Hall–Kier alpha value is 0.650. The van der Waals surface area contributed by atoms with Crippen LogP contribution < -0.4 is 5.73 Å². The van der Waals surface area contributed by atoms with Crippen LogP contribution in [0.4, 0.5) is 0 Å². The van der Waals surface area contributed by atoms with E-state index in [1.54, 1.807) is 0 Å². The molecule has 1 saturated carbocycles. The highest BCUT2D eigenvalue weighted by atomic mass is 127. The molecule has 70 valence electrons. The van der Waals surface area contributed by atoms with E-state index in [0.717, 1.165) is 5.92 Å². The third-order valence-corrected chi connectivity index (χ3v) is 4.43. The van der Waals surface area contributed by atoms with Crippen molar-refractivity contribution in [2.75, 3.05) is 6.54 Å². The summed E-state index contributed by atoms with van der Waals surface area (Å²) in [5.41, 5.74) is 6.13. The summed E-state index contributed by atoms with van der Waals surface area (Å²) >= 11 is 2.46. The summed E-state index contributed by atoms with van der Waals surface area (Å²) < 4.78 is 2.45. The first kappa shape index (κ1) is 9.21. The maximum Gasteiger partial charge on any atom is 0.0373 e. The van der Waals surface area contributed by atoms with Crippen molar-refractivity contribution in [3.8, 4) is 0 Å². The van der Waals surface area contributed by atoms with Gasteiger partial charge in [-0.05, 0) is 31.6 Å².